The Kier molecular flexibility index (Phi) is 4.66. The largest absolute Gasteiger partial charge is 0.417 e. The Morgan fingerprint density at radius 2 is 1.64 bits per heavy atom. The van der Waals surface area contributed by atoms with Crippen LogP contribution >= 0.6 is 0 Å². The van der Waals surface area contributed by atoms with Gasteiger partial charge in [-0.1, -0.05) is 0 Å². The predicted octanol–water partition coefficient (Wildman–Crippen LogP) is 2.77. The van der Waals surface area contributed by atoms with Crippen molar-refractivity contribution in [3.63, 3.8) is 0 Å². The third kappa shape index (κ3) is 4.04. The number of non-ortho nitro benzene ring substituents is 1. The van der Waals surface area contributed by atoms with Crippen molar-refractivity contribution in [1.82, 2.24) is 0 Å². The molecule has 0 atom stereocenters. The fraction of sp³-hybridized carbons (Fsp3) is 0. The van der Waals surface area contributed by atoms with Crippen molar-refractivity contribution in [2.45, 2.75) is 0 Å². The molecule has 2 amide bonds. The van der Waals surface area contributed by atoms with Crippen LogP contribution in [0.4, 0.5) is 21.9 Å². The molecule has 0 aromatic heterocycles. The molecule has 0 aliphatic heterocycles. The maximum atomic E-state index is 11.7. The van der Waals surface area contributed by atoms with E-state index in [1.54, 1.807) is 24.3 Å². The molecule has 2 N–H and O–H groups in total. The first-order chi connectivity index (χ1) is 10.6. The molecule has 0 aliphatic carbocycles. The SMILES string of the molecule is O=CNc1ccc(NC(=O)Oc2ccc([N+](=O)[O-])cc2)cc1. The highest BCUT2D eigenvalue weighted by Crippen LogP contribution is 2.18. The lowest BCUT2D eigenvalue weighted by atomic mass is 10.3. The van der Waals surface area contributed by atoms with E-state index >= 15 is 0 Å². The molecule has 22 heavy (non-hydrogen) atoms. The Hall–Kier alpha value is -3.42. The maximum absolute atomic E-state index is 11.7. The van der Waals surface area contributed by atoms with Gasteiger partial charge >= 0.3 is 6.09 Å². The summed E-state index contributed by atoms with van der Waals surface area (Å²) in [7, 11) is 0. The monoisotopic (exact) mass is 301 g/mol. The summed E-state index contributed by atoms with van der Waals surface area (Å²) in [5.41, 5.74) is 0.971. The van der Waals surface area contributed by atoms with Gasteiger partial charge in [0, 0.05) is 23.5 Å². The third-order valence-corrected chi connectivity index (χ3v) is 2.61. The predicted molar refractivity (Wildman–Crippen MR) is 78.9 cm³/mol. The van der Waals surface area contributed by atoms with E-state index in [2.05, 4.69) is 10.6 Å². The number of amides is 2. The smallest absolute Gasteiger partial charge is 0.410 e. The minimum atomic E-state index is -0.732. The molecule has 8 nitrogen and oxygen atoms in total. The van der Waals surface area contributed by atoms with Crippen molar-refractivity contribution < 1.29 is 19.2 Å². The number of nitrogens with zero attached hydrogens (tertiary/aromatic N) is 1. The van der Waals surface area contributed by atoms with Gasteiger partial charge in [-0.15, -0.1) is 0 Å². The number of hydrogen-bond acceptors (Lipinski definition) is 5. The number of benzene rings is 2. The summed E-state index contributed by atoms with van der Waals surface area (Å²) in [6.07, 6.45) is -0.185. The van der Waals surface area contributed by atoms with E-state index in [0.29, 0.717) is 17.8 Å². The quantitative estimate of drug-likeness (QED) is 0.501. The Labute approximate surface area is 124 Å². The molecule has 112 valence electrons. The molecule has 8 heteroatoms. The molecule has 0 bridgehead atoms. The molecule has 0 aliphatic rings. The van der Waals surface area contributed by atoms with Gasteiger partial charge < -0.3 is 10.1 Å². The fourth-order valence-corrected chi connectivity index (χ4v) is 1.60. The second-order valence-electron chi connectivity index (χ2n) is 4.11. The van der Waals surface area contributed by atoms with E-state index in [1.807, 2.05) is 0 Å². The fourth-order valence-electron chi connectivity index (χ4n) is 1.60. The van der Waals surface area contributed by atoms with Crippen LogP contribution in [0.3, 0.4) is 0 Å². The first-order valence-corrected chi connectivity index (χ1v) is 6.12. The molecule has 0 spiro atoms. The summed E-state index contributed by atoms with van der Waals surface area (Å²) < 4.78 is 4.99. The van der Waals surface area contributed by atoms with Crippen LogP contribution in [0.5, 0.6) is 5.75 Å². The number of carbonyl (C=O) groups excluding carboxylic acids is 2. The highest BCUT2D eigenvalue weighted by Gasteiger charge is 2.08. The van der Waals surface area contributed by atoms with Gasteiger partial charge in [0.1, 0.15) is 5.75 Å². The zero-order valence-corrected chi connectivity index (χ0v) is 11.2. The normalized spacial score (nSPS) is 9.64. The van der Waals surface area contributed by atoms with Gasteiger partial charge in [0.15, 0.2) is 0 Å². The van der Waals surface area contributed by atoms with Crippen molar-refractivity contribution in [2.24, 2.45) is 0 Å². The highest BCUT2D eigenvalue weighted by atomic mass is 16.6. The van der Waals surface area contributed by atoms with Gasteiger partial charge in [-0.05, 0) is 36.4 Å². The molecule has 0 fully saturated rings. The van der Waals surface area contributed by atoms with Crippen LogP contribution in [0.25, 0.3) is 0 Å². The zero-order valence-electron chi connectivity index (χ0n) is 11.2. The van der Waals surface area contributed by atoms with Crippen molar-refractivity contribution in [3.05, 3.63) is 58.6 Å². The second-order valence-corrected chi connectivity index (χ2v) is 4.11. The van der Waals surface area contributed by atoms with Gasteiger partial charge in [-0.25, -0.2) is 4.79 Å². The summed E-state index contributed by atoms with van der Waals surface area (Å²) in [6, 6.07) is 11.5. The maximum Gasteiger partial charge on any atom is 0.417 e. The van der Waals surface area contributed by atoms with Crippen LogP contribution in [0.2, 0.25) is 0 Å². The van der Waals surface area contributed by atoms with Gasteiger partial charge in [0.25, 0.3) is 5.69 Å². The third-order valence-electron chi connectivity index (χ3n) is 2.61. The number of nitrogens with one attached hydrogen (secondary N) is 2. The molecule has 0 radical (unpaired) electrons. The van der Waals surface area contributed by atoms with E-state index < -0.39 is 11.0 Å². The second kappa shape index (κ2) is 6.84. The van der Waals surface area contributed by atoms with Crippen molar-refractivity contribution >= 4 is 29.6 Å². The first-order valence-electron chi connectivity index (χ1n) is 6.12. The molecule has 2 rings (SSSR count). The van der Waals surface area contributed by atoms with Crippen molar-refractivity contribution in [2.75, 3.05) is 10.6 Å². The van der Waals surface area contributed by atoms with E-state index in [4.69, 9.17) is 4.74 Å². The number of nitro benzene ring substituents is 1. The Bertz CT molecular complexity index is 683. The minimum Gasteiger partial charge on any atom is -0.410 e. The standard InChI is InChI=1S/C14H11N3O5/c18-9-15-10-1-3-11(4-2-10)16-14(19)22-13-7-5-12(6-8-13)17(20)21/h1-9H,(H,15,18)(H,16,19). The van der Waals surface area contributed by atoms with E-state index in [1.165, 1.54) is 24.3 Å². The summed E-state index contributed by atoms with van der Waals surface area (Å²) >= 11 is 0. The van der Waals surface area contributed by atoms with Gasteiger partial charge in [0.2, 0.25) is 6.41 Å². The summed E-state index contributed by atoms with van der Waals surface area (Å²) in [5.74, 6) is 0.183. The Morgan fingerprint density at radius 1 is 1.05 bits per heavy atom. The summed E-state index contributed by atoms with van der Waals surface area (Å²) in [6.45, 7) is 0. The average Bonchev–Trinajstić information content (AvgIpc) is 2.50. The van der Waals surface area contributed by atoms with Crippen LogP contribution in [0.15, 0.2) is 48.5 Å². The molecule has 0 saturated heterocycles. The van der Waals surface area contributed by atoms with Crippen LogP contribution in [-0.4, -0.2) is 17.4 Å². The van der Waals surface area contributed by atoms with Gasteiger partial charge in [-0.3, -0.25) is 20.2 Å². The average molecular weight is 301 g/mol. The lowest BCUT2D eigenvalue weighted by Crippen LogP contribution is -2.16. The van der Waals surface area contributed by atoms with Crippen LogP contribution < -0.4 is 15.4 Å². The van der Waals surface area contributed by atoms with Crippen LogP contribution in [0, 0.1) is 10.1 Å². The van der Waals surface area contributed by atoms with Crippen molar-refractivity contribution in [3.8, 4) is 5.75 Å². The van der Waals surface area contributed by atoms with Crippen LogP contribution in [-0.2, 0) is 4.79 Å². The Morgan fingerprint density at radius 3 is 2.18 bits per heavy atom. The zero-order chi connectivity index (χ0) is 15.9. The van der Waals surface area contributed by atoms with Crippen LogP contribution in [0.1, 0.15) is 0 Å². The molecule has 2 aromatic rings. The number of carbonyl (C=O) groups is 2. The number of nitro groups is 1. The van der Waals surface area contributed by atoms with E-state index in [0.717, 1.165) is 0 Å². The molecule has 2 aromatic carbocycles. The summed E-state index contributed by atoms with van der Waals surface area (Å²) in [4.78, 5) is 31.9. The number of rotatable bonds is 5. The molecular weight excluding hydrogens is 290 g/mol. The Balaban J connectivity index is 1.94. The molecular formula is C14H11N3O5. The van der Waals surface area contributed by atoms with E-state index in [9.17, 15) is 19.7 Å². The van der Waals surface area contributed by atoms with E-state index in [-0.39, 0.29) is 11.4 Å². The lowest BCUT2D eigenvalue weighted by Gasteiger charge is -2.07. The first kappa shape index (κ1) is 15.0. The topological polar surface area (TPSA) is 111 Å². The van der Waals surface area contributed by atoms with Gasteiger partial charge in [-0.2, -0.15) is 0 Å². The lowest BCUT2D eigenvalue weighted by molar-refractivity contribution is -0.384. The highest BCUT2D eigenvalue weighted by molar-refractivity contribution is 5.86. The minimum absolute atomic E-state index is 0.0916. The van der Waals surface area contributed by atoms with Gasteiger partial charge in [0.05, 0.1) is 4.92 Å². The van der Waals surface area contributed by atoms with Crippen molar-refractivity contribution in [1.29, 1.82) is 0 Å². The summed E-state index contributed by atoms with van der Waals surface area (Å²) in [5, 5.41) is 15.5. The molecule has 0 unspecified atom stereocenters. The number of ether oxygens (including phenoxy) is 1. The molecule has 0 saturated carbocycles. The number of hydrogen-bond donors (Lipinski definition) is 2. The molecule has 0 heterocycles. The number of anilines is 2.